The quantitative estimate of drug-likeness (QED) is 0.531. The molecule has 2 aromatic carbocycles. The smallest absolute Gasteiger partial charge is 0.338 e. The van der Waals surface area contributed by atoms with Gasteiger partial charge in [0.15, 0.2) is 6.10 Å². The number of hydrogen-bond acceptors (Lipinski definition) is 4. The second kappa shape index (κ2) is 6.62. The number of esters is 1. The van der Waals surface area contributed by atoms with E-state index in [1.807, 2.05) is 19.1 Å². The van der Waals surface area contributed by atoms with Crippen LogP contribution in [0, 0.1) is 6.92 Å². The molecule has 2 rings (SSSR count). The Kier molecular flexibility index (Phi) is 4.83. The minimum atomic E-state index is -0.882. The van der Waals surface area contributed by atoms with E-state index in [1.165, 1.54) is 18.2 Å². The molecule has 0 aliphatic heterocycles. The lowest BCUT2D eigenvalue weighted by Crippen LogP contribution is -2.24. The van der Waals surface area contributed by atoms with Gasteiger partial charge in [-0.3, -0.25) is 4.79 Å². The van der Waals surface area contributed by atoms with Crippen LogP contribution in [0.3, 0.4) is 0 Å². The highest BCUT2D eigenvalue weighted by molar-refractivity contribution is 6.33. The Morgan fingerprint density at radius 1 is 1.09 bits per heavy atom. The van der Waals surface area contributed by atoms with Crippen LogP contribution < -0.4 is 5.73 Å². The van der Waals surface area contributed by atoms with Gasteiger partial charge in [-0.15, -0.1) is 0 Å². The summed E-state index contributed by atoms with van der Waals surface area (Å²) in [4.78, 5) is 24.3. The number of carbonyl (C=O) groups excluding carboxylic acids is 2. The largest absolute Gasteiger partial charge is 0.451 e. The van der Waals surface area contributed by atoms with Crippen LogP contribution in [0.4, 0.5) is 5.69 Å². The zero-order chi connectivity index (χ0) is 16.3. The molecule has 0 aliphatic rings. The Hall–Kier alpha value is -2.33. The maximum Gasteiger partial charge on any atom is 0.338 e. The number of anilines is 1. The maximum absolute atomic E-state index is 12.2. The predicted octanol–water partition coefficient (Wildman–Crippen LogP) is 3.66. The number of ether oxygens (including phenoxy) is 1. The number of ketones is 1. The number of nitrogen functional groups attached to an aromatic ring is 1. The first-order valence-electron chi connectivity index (χ1n) is 6.75. The number of carbonyl (C=O) groups is 2. The summed E-state index contributed by atoms with van der Waals surface area (Å²) < 4.78 is 5.19. The molecule has 0 fully saturated rings. The lowest BCUT2D eigenvalue weighted by molar-refractivity contribution is 0.0319. The Morgan fingerprint density at radius 2 is 1.68 bits per heavy atom. The number of hydrogen-bond donors (Lipinski definition) is 1. The summed E-state index contributed by atoms with van der Waals surface area (Å²) in [7, 11) is 0. The van der Waals surface area contributed by atoms with Gasteiger partial charge in [0.25, 0.3) is 0 Å². The third kappa shape index (κ3) is 3.65. The van der Waals surface area contributed by atoms with E-state index in [9.17, 15) is 9.59 Å². The Labute approximate surface area is 133 Å². The third-order valence-corrected chi connectivity index (χ3v) is 3.57. The molecule has 0 spiro atoms. The van der Waals surface area contributed by atoms with E-state index in [2.05, 4.69) is 0 Å². The van der Waals surface area contributed by atoms with Gasteiger partial charge in [0.1, 0.15) is 0 Å². The van der Waals surface area contributed by atoms with E-state index in [0.717, 1.165) is 5.56 Å². The maximum atomic E-state index is 12.2. The van der Waals surface area contributed by atoms with Crippen LogP contribution >= 0.6 is 11.6 Å². The average Bonchev–Trinajstić information content (AvgIpc) is 2.50. The monoisotopic (exact) mass is 317 g/mol. The standard InChI is InChI=1S/C17H16ClNO3/c1-10-3-5-12(6-4-10)16(20)11(2)22-17(21)13-7-8-14(18)15(19)9-13/h3-9,11H,19H2,1-2H3/t11-/m1/s1. The van der Waals surface area contributed by atoms with E-state index in [4.69, 9.17) is 22.1 Å². The van der Waals surface area contributed by atoms with E-state index >= 15 is 0 Å². The van der Waals surface area contributed by atoms with Gasteiger partial charge in [-0.2, -0.15) is 0 Å². The Morgan fingerprint density at radius 3 is 2.27 bits per heavy atom. The third-order valence-electron chi connectivity index (χ3n) is 3.22. The van der Waals surface area contributed by atoms with Crippen molar-refractivity contribution in [3.05, 3.63) is 64.2 Å². The van der Waals surface area contributed by atoms with Crippen molar-refractivity contribution in [2.45, 2.75) is 20.0 Å². The van der Waals surface area contributed by atoms with Crippen molar-refractivity contribution in [1.82, 2.24) is 0 Å². The molecule has 0 aromatic heterocycles. The van der Waals surface area contributed by atoms with Crippen LogP contribution in [0.1, 0.15) is 33.2 Å². The summed E-state index contributed by atoms with van der Waals surface area (Å²) in [5.74, 6) is -0.869. The van der Waals surface area contributed by atoms with E-state index in [0.29, 0.717) is 10.6 Å². The molecule has 0 amide bonds. The highest BCUT2D eigenvalue weighted by Crippen LogP contribution is 2.20. The molecule has 114 valence electrons. The Bertz CT molecular complexity index is 710. The van der Waals surface area contributed by atoms with Crippen LogP contribution in [0.5, 0.6) is 0 Å². The molecule has 4 nitrogen and oxygen atoms in total. The molecule has 0 saturated carbocycles. The van der Waals surface area contributed by atoms with Crippen LogP contribution in [0.15, 0.2) is 42.5 Å². The van der Waals surface area contributed by atoms with E-state index in [-0.39, 0.29) is 17.0 Å². The van der Waals surface area contributed by atoms with Gasteiger partial charge in [-0.25, -0.2) is 4.79 Å². The van der Waals surface area contributed by atoms with E-state index < -0.39 is 12.1 Å². The minimum Gasteiger partial charge on any atom is -0.451 e. The SMILES string of the molecule is Cc1ccc(C(=O)[C@@H](C)OC(=O)c2ccc(Cl)c(N)c2)cc1. The fraction of sp³-hybridized carbons (Fsp3) is 0.176. The van der Waals surface area contributed by atoms with Crippen molar-refractivity contribution in [2.24, 2.45) is 0 Å². The summed E-state index contributed by atoms with van der Waals surface area (Å²) in [5, 5.41) is 0.361. The van der Waals surface area contributed by atoms with Crippen LogP contribution in [-0.2, 0) is 4.74 Å². The summed E-state index contributed by atoms with van der Waals surface area (Å²) in [6.45, 7) is 3.47. The normalized spacial score (nSPS) is 11.8. The highest BCUT2D eigenvalue weighted by Gasteiger charge is 2.20. The zero-order valence-corrected chi connectivity index (χ0v) is 13.1. The molecule has 0 radical (unpaired) electrons. The molecule has 5 heteroatoms. The van der Waals surface area contributed by atoms with Gasteiger partial charge in [-0.1, -0.05) is 41.4 Å². The molecular weight excluding hydrogens is 302 g/mol. The van der Waals surface area contributed by atoms with Gasteiger partial charge in [0.2, 0.25) is 5.78 Å². The second-order valence-corrected chi connectivity index (χ2v) is 5.42. The molecule has 0 unspecified atom stereocenters. The van der Waals surface area contributed by atoms with Crippen molar-refractivity contribution in [1.29, 1.82) is 0 Å². The van der Waals surface area contributed by atoms with Crippen LogP contribution in [-0.4, -0.2) is 17.9 Å². The van der Waals surface area contributed by atoms with Gasteiger partial charge in [0.05, 0.1) is 16.3 Å². The number of aryl methyl sites for hydroxylation is 1. The molecular formula is C17H16ClNO3. The molecule has 0 saturated heterocycles. The first kappa shape index (κ1) is 16.0. The summed E-state index contributed by atoms with van der Waals surface area (Å²) in [5.41, 5.74) is 7.74. The molecule has 0 bridgehead atoms. The summed E-state index contributed by atoms with van der Waals surface area (Å²) >= 11 is 5.80. The zero-order valence-electron chi connectivity index (χ0n) is 12.3. The number of benzene rings is 2. The van der Waals surface area contributed by atoms with Crippen molar-refractivity contribution in [3.63, 3.8) is 0 Å². The van der Waals surface area contributed by atoms with Gasteiger partial charge in [0, 0.05) is 5.56 Å². The fourth-order valence-corrected chi connectivity index (χ4v) is 2.02. The van der Waals surface area contributed by atoms with Gasteiger partial charge >= 0.3 is 5.97 Å². The highest BCUT2D eigenvalue weighted by atomic mass is 35.5. The Balaban J connectivity index is 2.08. The summed E-state index contributed by atoms with van der Waals surface area (Å²) in [6, 6.07) is 11.5. The topological polar surface area (TPSA) is 69.4 Å². The van der Waals surface area contributed by atoms with Crippen molar-refractivity contribution in [2.75, 3.05) is 5.73 Å². The molecule has 22 heavy (non-hydrogen) atoms. The van der Waals surface area contributed by atoms with Gasteiger partial charge < -0.3 is 10.5 Å². The van der Waals surface area contributed by atoms with Crippen molar-refractivity contribution < 1.29 is 14.3 Å². The minimum absolute atomic E-state index is 0.254. The molecule has 0 heterocycles. The number of Topliss-reactive ketones (excluding diaryl/α,β-unsaturated/α-hetero) is 1. The van der Waals surface area contributed by atoms with Crippen LogP contribution in [0.2, 0.25) is 5.02 Å². The summed E-state index contributed by atoms with van der Waals surface area (Å²) in [6.07, 6.45) is -0.882. The van der Waals surface area contributed by atoms with E-state index in [1.54, 1.807) is 19.1 Å². The number of halogens is 1. The number of rotatable bonds is 4. The molecule has 2 aromatic rings. The first-order chi connectivity index (χ1) is 10.4. The van der Waals surface area contributed by atoms with Crippen molar-refractivity contribution in [3.8, 4) is 0 Å². The first-order valence-corrected chi connectivity index (χ1v) is 7.13. The fourth-order valence-electron chi connectivity index (χ4n) is 1.91. The second-order valence-electron chi connectivity index (χ2n) is 5.01. The molecule has 1 atom stereocenters. The molecule has 0 aliphatic carbocycles. The van der Waals surface area contributed by atoms with Gasteiger partial charge in [-0.05, 0) is 32.0 Å². The number of nitrogens with two attached hydrogens (primary N) is 1. The van der Waals surface area contributed by atoms with Crippen LogP contribution in [0.25, 0.3) is 0 Å². The lowest BCUT2D eigenvalue weighted by atomic mass is 10.1. The predicted molar refractivity (Wildman–Crippen MR) is 86.3 cm³/mol. The molecule has 2 N–H and O–H groups in total. The lowest BCUT2D eigenvalue weighted by Gasteiger charge is -2.13. The average molecular weight is 318 g/mol. The van der Waals surface area contributed by atoms with Crippen molar-refractivity contribution >= 4 is 29.0 Å².